The number of ether oxygens (including phenoxy) is 1. The molecule has 2 heterocycles. The lowest BCUT2D eigenvalue weighted by Gasteiger charge is -2.26. The highest BCUT2D eigenvalue weighted by Gasteiger charge is 2.28. The molecule has 1 aromatic heterocycles. The molecule has 2 rings (SSSR count). The minimum absolute atomic E-state index is 0.312. The highest BCUT2D eigenvalue weighted by atomic mass is 16.6. The lowest BCUT2D eigenvalue weighted by atomic mass is 10.1. The van der Waals surface area contributed by atoms with Gasteiger partial charge in [0.25, 0.3) is 0 Å². The van der Waals surface area contributed by atoms with Crippen LogP contribution >= 0.6 is 0 Å². The van der Waals surface area contributed by atoms with Gasteiger partial charge in [-0.2, -0.15) is 5.26 Å². The van der Waals surface area contributed by atoms with E-state index in [2.05, 4.69) is 20.9 Å². The minimum Gasteiger partial charge on any atom is -0.444 e. The second-order valence-corrected chi connectivity index (χ2v) is 6.80. The van der Waals surface area contributed by atoms with Gasteiger partial charge in [0, 0.05) is 39.1 Å². The lowest BCUT2D eigenvalue weighted by molar-refractivity contribution is 0.0277. The quantitative estimate of drug-likeness (QED) is 0.848. The highest BCUT2D eigenvalue weighted by molar-refractivity contribution is 5.67. The summed E-state index contributed by atoms with van der Waals surface area (Å²) in [6.45, 7) is 7.74. The number of nitriles is 1. The molecule has 124 valence electrons. The van der Waals surface area contributed by atoms with Crippen molar-refractivity contribution in [2.45, 2.75) is 32.8 Å². The van der Waals surface area contributed by atoms with E-state index in [0.717, 1.165) is 19.5 Å². The van der Waals surface area contributed by atoms with Gasteiger partial charge >= 0.3 is 6.09 Å². The molecule has 0 saturated carbocycles. The fraction of sp³-hybridized carbons (Fsp3) is 0.625. The van der Waals surface area contributed by atoms with Crippen LogP contribution in [0.15, 0.2) is 12.4 Å². The fourth-order valence-corrected chi connectivity index (χ4v) is 2.62. The minimum atomic E-state index is -0.492. The zero-order valence-electron chi connectivity index (χ0n) is 14.1. The molecule has 0 spiro atoms. The van der Waals surface area contributed by atoms with E-state index in [4.69, 9.17) is 10.00 Å². The Hall–Kier alpha value is -2.36. The Morgan fingerprint density at radius 2 is 2.17 bits per heavy atom. The largest absolute Gasteiger partial charge is 0.444 e. The summed E-state index contributed by atoms with van der Waals surface area (Å²) in [6.07, 6.45) is 3.74. The van der Waals surface area contributed by atoms with E-state index in [1.54, 1.807) is 18.1 Å². The van der Waals surface area contributed by atoms with Gasteiger partial charge in [0.1, 0.15) is 11.7 Å². The van der Waals surface area contributed by atoms with E-state index in [1.807, 2.05) is 20.8 Å². The molecule has 23 heavy (non-hydrogen) atoms. The third kappa shape index (κ3) is 4.55. The average molecular weight is 317 g/mol. The van der Waals surface area contributed by atoms with Gasteiger partial charge in [-0.25, -0.2) is 14.8 Å². The van der Waals surface area contributed by atoms with Gasteiger partial charge in [0.15, 0.2) is 11.5 Å². The normalized spacial score (nSPS) is 17.7. The summed E-state index contributed by atoms with van der Waals surface area (Å²) in [5.74, 6) is 0.943. The molecule has 1 saturated heterocycles. The maximum Gasteiger partial charge on any atom is 0.410 e. The van der Waals surface area contributed by atoms with E-state index in [-0.39, 0.29) is 6.09 Å². The first-order valence-corrected chi connectivity index (χ1v) is 7.70. The summed E-state index contributed by atoms with van der Waals surface area (Å²) < 4.78 is 5.37. The molecule has 1 atom stereocenters. The Morgan fingerprint density at radius 1 is 1.48 bits per heavy atom. The van der Waals surface area contributed by atoms with Crippen LogP contribution in [0, 0.1) is 17.2 Å². The van der Waals surface area contributed by atoms with Crippen molar-refractivity contribution in [1.82, 2.24) is 14.9 Å². The fourth-order valence-electron chi connectivity index (χ4n) is 2.62. The summed E-state index contributed by atoms with van der Waals surface area (Å²) in [4.78, 5) is 24.0. The zero-order chi connectivity index (χ0) is 17.0. The first-order chi connectivity index (χ1) is 10.8. The van der Waals surface area contributed by atoms with Gasteiger partial charge in [-0.3, -0.25) is 0 Å². The van der Waals surface area contributed by atoms with Gasteiger partial charge in [0.2, 0.25) is 0 Å². The second-order valence-electron chi connectivity index (χ2n) is 6.80. The van der Waals surface area contributed by atoms with Crippen molar-refractivity contribution in [2.75, 3.05) is 31.6 Å². The standard InChI is InChI=1S/C16H23N5O2/c1-16(2,3)23-15(22)20(4)10-12-5-8-21(11-12)14-13(9-17)18-6-7-19-14/h6-7,12H,5,8,10-11H2,1-4H3. The first-order valence-electron chi connectivity index (χ1n) is 7.70. The SMILES string of the molecule is CN(CC1CCN(c2nccnc2C#N)C1)C(=O)OC(C)(C)C. The predicted octanol–water partition coefficient (Wildman–Crippen LogP) is 2.04. The van der Waals surface area contributed by atoms with Crippen LogP contribution in [0.2, 0.25) is 0 Å². The highest BCUT2D eigenvalue weighted by Crippen LogP contribution is 2.24. The van der Waals surface area contributed by atoms with Crippen molar-refractivity contribution >= 4 is 11.9 Å². The number of carbonyl (C=O) groups excluding carboxylic acids is 1. The van der Waals surface area contributed by atoms with E-state index in [9.17, 15) is 4.79 Å². The van der Waals surface area contributed by atoms with Crippen LogP contribution in [0.4, 0.5) is 10.6 Å². The lowest BCUT2D eigenvalue weighted by Crippen LogP contribution is -2.37. The Kier molecular flexibility index (Phi) is 5.04. The molecule has 0 N–H and O–H groups in total. The molecule has 0 bridgehead atoms. The second kappa shape index (κ2) is 6.82. The molecule has 0 aromatic carbocycles. The molecule has 1 amide bonds. The number of carbonyl (C=O) groups is 1. The summed E-state index contributed by atoms with van der Waals surface area (Å²) in [5, 5.41) is 9.12. The predicted molar refractivity (Wildman–Crippen MR) is 85.9 cm³/mol. The molecule has 1 aromatic rings. The van der Waals surface area contributed by atoms with Gasteiger partial charge < -0.3 is 14.5 Å². The number of anilines is 1. The zero-order valence-corrected chi connectivity index (χ0v) is 14.1. The molecule has 7 nitrogen and oxygen atoms in total. The summed E-state index contributed by atoms with van der Waals surface area (Å²) in [7, 11) is 1.75. The Balaban J connectivity index is 1.93. The van der Waals surface area contributed by atoms with Gasteiger partial charge in [-0.05, 0) is 33.1 Å². The van der Waals surface area contributed by atoms with E-state index in [0.29, 0.717) is 24.0 Å². The molecule has 1 unspecified atom stereocenters. The van der Waals surface area contributed by atoms with Crippen molar-refractivity contribution in [3.63, 3.8) is 0 Å². The van der Waals surface area contributed by atoms with Crippen LogP contribution < -0.4 is 4.90 Å². The first kappa shape index (κ1) is 17.0. The Labute approximate surface area is 136 Å². The number of hydrogen-bond donors (Lipinski definition) is 0. The van der Waals surface area contributed by atoms with Gasteiger partial charge in [0.05, 0.1) is 0 Å². The Bertz CT molecular complexity index is 605. The van der Waals surface area contributed by atoms with Crippen molar-refractivity contribution in [1.29, 1.82) is 5.26 Å². The third-order valence-corrected chi connectivity index (χ3v) is 3.61. The van der Waals surface area contributed by atoms with E-state index >= 15 is 0 Å². The summed E-state index contributed by atoms with van der Waals surface area (Å²) >= 11 is 0. The molecule has 1 fully saturated rings. The van der Waals surface area contributed by atoms with Crippen molar-refractivity contribution in [2.24, 2.45) is 5.92 Å². The maximum atomic E-state index is 12.0. The number of hydrogen-bond acceptors (Lipinski definition) is 6. The van der Waals surface area contributed by atoms with Crippen LogP contribution in [-0.4, -0.2) is 53.2 Å². The van der Waals surface area contributed by atoms with E-state index < -0.39 is 5.60 Å². The van der Waals surface area contributed by atoms with Crippen molar-refractivity contribution in [3.05, 3.63) is 18.1 Å². The number of rotatable bonds is 3. The molecule has 7 heteroatoms. The van der Waals surface area contributed by atoms with E-state index in [1.165, 1.54) is 6.20 Å². The molecular weight excluding hydrogens is 294 g/mol. The molecule has 1 aliphatic rings. The monoisotopic (exact) mass is 317 g/mol. The molecular formula is C16H23N5O2. The Morgan fingerprint density at radius 3 is 2.83 bits per heavy atom. The number of nitrogens with zero attached hydrogens (tertiary/aromatic N) is 5. The van der Waals surface area contributed by atoms with Crippen molar-refractivity contribution in [3.8, 4) is 6.07 Å². The molecule has 0 radical (unpaired) electrons. The van der Waals surface area contributed by atoms with Gasteiger partial charge in [-0.15, -0.1) is 0 Å². The molecule has 0 aliphatic carbocycles. The summed E-state index contributed by atoms with van der Waals surface area (Å²) in [6, 6.07) is 2.07. The number of aromatic nitrogens is 2. The average Bonchev–Trinajstić information content (AvgIpc) is 2.93. The summed E-state index contributed by atoms with van der Waals surface area (Å²) in [5.41, 5.74) is -0.150. The van der Waals surface area contributed by atoms with Crippen LogP contribution in [0.3, 0.4) is 0 Å². The van der Waals surface area contributed by atoms with Crippen LogP contribution in [0.25, 0.3) is 0 Å². The third-order valence-electron chi connectivity index (χ3n) is 3.61. The van der Waals surface area contributed by atoms with Gasteiger partial charge in [-0.1, -0.05) is 0 Å². The smallest absolute Gasteiger partial charge is 0.410 e. The topological polar surface area (TPSA) is 82.4 Å². The van der Waals surface area contributed by atoms with Crippen molar-refractivity contribution < 1.29 is 9.53 Å². The molecule has 1 aliphatic heterocycles. The van der Waals surface area contributed by atoms with Crippen LogP contribution in [0.5, 0.6) is 0 Å². The number of amides is 1. The van der Waals surface area contributed by atoms with Crippen LogP contribution in [0.1, 0.15) is 32.9 Å². The van der Waals surface area contributed by atoms with Crippen LogP contribution in [-0.2, 0) is 4.74 Å². The maximum absolute atomic E-state index is 12.0.